The Kier molecular flexibility index (Phi) is 6.82. The van der Waals surface area contributed by atoms with E-state index in [2.05, 4.69) is 20.3 Å². The number of thiazole rings is 1. The van der Waals surface area contributed by atoms with Gasteiger partial charge >= 0.3 is 12.2 Å². The van der Waals surface area contributed by atoms with Gasteiger partial charge in [0.1, 0.15) is 35.7 Å². The van der Waals surface area contributed by atoms with Gasteiger partial charge in [-0.15, -0.1) is 0 Å². The number of rotatable bonds is 5. The minimum atomic E-state index is -5.16. The number of hydrogen-bond acceptors (Lipinski definition) is 9. The molecule has 46 heavy (non-hydrogen) atoms. The summed E-state index contributed by atoms with van der Waals surface area (Å²) >= 11 is 0.607. The first-order chi connectivity index (χ1) is 21.9. The van der Waals surface area contributed by atoms with Gasteiger partial charge in [-0.05, 0) is 38.3 Å². The summed E-state index contributed by atoms with van der Waals surface area (Å²) in [6.07, 6.45) is -2.70. The third-order valence-corrected chi connectivity index (χ3v) is 10.7. The van der Waals surface area contributed by atoms with Gasteiger partial charge < -0.3 is 20.7 Å². The Bertz CT molecular complexity index is 1870. The fourth-order valence-corrected chi connectivity index (χ4v) is 8.60. The topological polar surface area (TPSA) is 92.4 Å². The lowest BCUT2D eigenvalue weighted by Gasteiger charge is -2.35. The molecule has 8 rings (SSSR count). The number of ether oxygens (including phenoxy) is 1. The van der Waals surface area contributed by atoms with E-state index in [4.69, 9.17) is 10.5 Å². The second-order valence-corrected chi connectivity index (χ2v) is 13.7. The van der Waals surface area contributed by atoms with Gasteiger partial charge in [0.05, 0.1) is 21.3 Å². The van der Waals surface area contributed by atoms with E-state index in [9.17, 15) is 22.0 Å². The van der Waals surface area contributed by atoms with Gasteiger partial charge in [0.2, 0.25) is 0 Å². The van der Waals surface area contributed by atoms with E-state index in [-0.39, 0.29) is 58.7 Å². The minimum absolute atomic E-state index is 0.00555. The number of piperazine rings is 1. The molecule has 0 saturated carbocycles. The molecule has 0 spiro atoms. The number of nitrogens with two attached hydrogens (primary N) is 1. The minimum Gasteiger partial charge on any atom is -0.461 e. The first kappa shape index (κ1) is 29.9. The van der Waals surface area contributed by atoms with Crippen LogP contribution in [0.2, 0.25) is 0 Å². The molecule has 2 aromatic heterocycles. The Morgan fingerprint density at radius 3 is 2.50 bits per heavy atom. The van der Waals surface area contributed by atoms with E-state index in [0.29, 0.717) is 49.5 Å². The van der Waals surface area contributed by atoms with Gasteiger partial charge in [0, 0.05) is 60.7 Å². The molecule has 4 fully saturated rings. The number of nitrogens with one attached hydrogen (secondary N) is 1. The summed E-state index contributed by atoms with van der Waals surface area (Å²) in [5.41, 5.74) is 0.532. The Morgan fingerprint density at radius 2 is 1.76 bits per heavy atom. The number of nitrogen functional groups attached to an aromatic ring is 1. The molecule has 0 radical (unpaired) electrons. The molecular weight excluding hydrogens is 639 g/mol. The molecule has 244 valence electrons. The molecule has 8 nitrogen and oxygen atoms in total. The molecule has 4 atom stereocenters. The van der Waals surface area contributed by atoms with Gasteiger partial charge in [-0.1, -0.05) is 11.3 Å². The monoisotopic (exact) mass is 667 g/mol. The van der Waals surface area contributed by atoms with Crippen LogP contribution >= 0.6 is 11.3 Å². The number of anilines is 2. The molecule has 2 bridgehead atoms. The number of nitrogens with zero attached hydrogens (tertiary/aromatic N) is 5. The van der Waals surface area contributed by atoms with E-state index in [1.165, 1.54) is 0 Å². The maximum absolute atomic E-state index is 16.8. The molecule has 4 unspecified atom stereocenters. The SMILES string of the molecule is Nc1nc2c(-c3c(C(F)(F)F)cc4c(N5CC6CCC(C5)N6)nc(OCC56CCCN5CC(F)C6)nc4c3F)c(F)cc(F)c2s1. The molecule has 4 saturated heterocycles. The summed E-state index contributed by atoms with van der Waals surface area (Å²) in [5, 5.41) is 2.99. The number of hydrogen-bond donors (Lipinski definition) is 2. The lowest BCUT2D eigenvalue weighted by Crippen LogP contribution is -2.51. The van der Waals surface area contributed by atoms with E-state index in [0.717, 1.165) is 19.3 Å². The molecule has 0 amide bonds. The summed E-state index contributed by atoms with van der Waals surface area (Å²) in [6.45, 7) is 1.78. The van der Waals surface area contributed by atoms with Crippen LogP contribution < -0.4 is 20.7 Å². The summed E-state index contributed by atoms with van der Waals surface area (Å²) in [4.78, 5) is 16.5. The van der Waals surface area contributed by atoms with Crippen LogP contribution in [-0.4, -0.2) is 76.4 Å². The molecule has 6 heterocycles. The molecule has 2 aromatic carbocycles. The average Bonchev–Trinajstić information content (AvgIpc) is 3.73. The quantitative estimate of drug-likeness (QED) is 0.258. The predicted molar refractivity (Wildman–Crippen MR) is 158 cm³/mol. The zero-order chi connectivity index (χ0) is 32.1. The van der Waals surface area contributed by atoms with Crippen LogP contribution in [0.3, 0.4) is 0 Å². The van der Waals surface area contributed by atoms with Crippen molar-refractivity contribution in [2.45, 2.75) is 62.1 Å². The van der Waals surface area contributed by atoms with Crippen molar-refractivity contribution >= 4 is 43.4 Å². The van der Waals surface area contributed by atoms with Crippen LogP contribution in [0, 0.1) is 17.5 Å². The second-order valence-electron chi connectivity index (χ2n) is 12.7. The Labute approximate surface area is 261 Å². The zero-order valence-corrected chi connectivity index (χ0v) is 25.0. The molecule has 0 aliphatic carbocycles. The highest BCUT2D eigenvalue weighted by molar-refractivity contribution is 7.22. The normalized spacial score (nSPS) is 26.5. The van der Waals surface area contributed by atoms with Gasteiger partial charge in [0.15, 0.2) is 10.9 Å². The van der Waals surface area contributed by atoms with Crippen molar-refractivity contribution in [3.8, 4) is 17.1 Å². The first-order valence-corrected chi connectivity index (χ1v) is 15.9. The fourth-order valence-electron chi connectivity index (χ4n) is 7.85. The van der Waals surface area contributed by atoms with Crippen molar-refractivity contribution in [3.63, 3.8) is 0 Å². The highest BCUT2D eigenvalue weighted by atomic mass is 32.1. The number of fused-ring (bicyclic) bond motifs is 5. The summed E-state index contributed by atoms with van der Waals surface area (Å²) in [6, 6.07) is 0.929. The predicted octanol–water partition coefficient (Wildman–Crippen LogP) is 5.82. The summed E-state index contributed by atoms with van der Waals surface area (Å²) in [7, 11) is 0. The maximum Gasteiger partial charge on any atom is 0.417 e. The standard InChI is InChI=1S/C30H28F7N7OS/c31-13-8-29(4-1-5-44(29)9-13)12-45-28-41-23-16(26(42-28)43-10-14-2-3-15(11-43)39-14)6-17(30(35,36)37)20(22(23)34)21-18(32)7-19(33)25-24(21)40-27(38)46-25/h6-7,13-15,39H,1-5,8-12H2,(H2,38,40). The fraction of sp³-hybridized carbons (Fsp3) is 0.500. The van der Waals surface area contributed by atoms with E-state index >= 15 is 8.78 Å². The lowest BCUT2D eigenvalue weighted by molar-refractivity contribution is -0.137. The third-order valence-electron chi connectivity index (χ3n) is 9.78. The lowest BCUT2D eigenvalue weighted by atomic mass is 9.94. The molecular formula is C30H28F7N7OS. The Morgan fingerprint density at radius 1 is 1.00 bits per heavy atom. The van der Waals surface area contributed by atoms with Crippen LogP contribution in [0.15, 0.2) is 12.1 Å². The zero-order valence-electron chi connectivity index (χ0n) is 24.2. The first-order valence-electron chi connectivity index (χ1n) is 15.1. The maximum atomic E-state index is 16.8. The van der Waals surface area contributed by atoms with Crippen LogP contribution in [0.4, 0.5) is 41.7 Å². The van der Waals surface area contributed by atoms with Crippen molar-refractivity contribution < 1.29 is 35.5 Å². The molecule has 4 aliphatic heterocycles. The van der Waals surface area contributed by atoms with Crippen LogP contribution in [0.5, 0.6) is 6.01 Å². The third kappa shape index (κ3) is 4.74. The highest BCUT2D eigenvalue weighted by Crippen LogP contribution is 2.47. The van der Waals surface area contributed by atoms with E-state index in [1.54, 1.807) is 4.90 Å². The molecule has 16 heteroatoms. The van der Waals surface area contributed by atoms with Crippen LogP contribution in [0.1, 0.15) is 37.7 Å². The van der Waals surface area contributed by atoms with Gasteiger partial charge in [-0.25, -0.2) is 22.5 Å². The number of halogens is 7. The smallest absolute Gasteiger partial charge is 0.417 e. The Hall–Kier alpha value is -3.50. The number of benzene rings is 2. The number of alkyl halides is 4. The number of aromatic nitrogens is 3. The van der Waals surface area contributed by atoms with Crippen molar-refractivity contribution in [2.75, 3.05) is 43.4 Å². The van der Waals surface area contributed by atoms with E-state index in [1.807, 2.05) is 4.90 Å². The van der Waals surface area contributed by atoms with Crippen molar-refractivity contribution in [1.29, 1.82) is 0 Å². The van der Waals surface area contributed by atoms with Crippen molar-refractivity contribution in [3.05, 3.63) is 35.1 Å². The van der Waals surface area contributed by atoms with Gasteiger partial charge in [0.25, 0.3) is 0 Å². The molecule has 4 aromatic rings. The van der Waals surface area contributed by atoms with Crippen LogP contribution in [-0.2, 0) is 6.18 Å². The highest BCUT2D eigenvalue weighted by Gasteiger charge is 2.49. The van der Waals surface area contributed by atoms with Gasteiger partial charge in [-0.3, -0.25) is 4.90 Å². The molecule has 4 aliphatic rings. The van der Waals surface area contributed by atoms with Crippen molar-refractivity contribution in [1.82, 2.24) is 25.2 Å². The summed E-state index contributed by atoms with van der Waals surface area (Å²) in [5.74, 6) is -3.96. The van der Waals surface area contributed by atoms with Crippen LogP contribution in [0.25, 0.3) is 32.2 Å². The van der Waals surface area contributed by atoms with Gasteiger partial charge in [-0.2, -0.15) is 23.1 Å². The van der Waals surface area contributed by atoms with Crippen molar-refractivity contribution in [2.24, 2.45) is 0 Å². The summed E-state index contributed by atoms with van der Waals surface area (Å²) < 4.78 is 111. The Balaban J connectivity index is 1.34. The average molecular weight is 668 g/mol. The largest absolute Gasteiger partial charge is 0.461 e. The second kappa shape index (κ2) is 10.5. The van der Waals surface area contributed by atoms with E-state index < -0.39 is 63.1 Å². The molecule has 3 N–H and O–H groups in total.